The summed E-state index contributed by atoms with van der Waals surface area (Å²) in [5.41, 5.74) is 3.01. The van der Waals surface area contributed by atoms with Crippen molar-refractivity contribution in [3.63, 3.8) is 0 Å². The average molecular weight is 408 g/mol. The fourth-order valence-electron chi connectivity index (χ4n) is 4.63. The zero-order chi connectivity index (χ0) is 21.3. The Morgan fingerprint density at radius 2 is 1.80 bits per heavy atom. The van der Waals surface area contributed by atoms with Gasteiger partial charge in [-0.3, -0.25) is 9.59 Å². The van der Waals surface area contributed by atoms with E-state index in [2.05, 4.69) is 23.2 Å². The van der Waals surface area contributed by atoms with Gasteiger partial charge in [-0.2, -0.15) is 0 Å². The van der Waals surface area contributed by atoms with Crippen molar-refractivity contribution >= 4 is 17.5 Å². The first-order valence-electron chi connectivity index (χ1n) is 10.7. The highest BCUT2D eigenvalue weighted by Crippen LogP contribution is 2.37. The van der Waals surface area contributed by atoms with Crippen molar-refractivity contribution < 1.29 is 14.3 Å². The molecule has 4 rings (SSSR count). The summed E-state index contributed by atoms with van der Waals surface area (Å²) in [4.78, 5) is 30.0. The number of anilines is 1. The van der Waals surface area contributed by atoms with E-state index in [0.29, 0.717) is 38.1 Å². The van der Waals surface area contributed by atoms with E-state index in [9.17, 15) is 9.59 Å². The van der Waals surface area contributed by atoms with Gasteiger partial charge in [0, 0.05) is 38.0 Å². The van der Waals surface area contributed by atoms with Gasteiger partial charge in [-0.25, -0.2) is 0 Å². The Labute approximate surface area is 177 Å². The summed E-state index contributed by atoms with van der Waals surface area (Å²) < 4.78 is 5.46. The van der Waals surface area contributed by atoms with Crippen LogP contribution >= 0.6 is 0 Å². The molecular weight excluding hydrogens is 378 g/mol. The van der Waals surface area contributed by atoms with Crippen LogP contribution in [0.4, 0.5) is 5.69 Å². The lowest BCUT2D eigenvalue weighted by atomic mass is 9.89. The van der Waals surface area contributed by atoms with Crippen LogP contribution < -0.4 is 15.0 Å². The third-order valence-electron chi connectivity index (χ3n) is 6.16. The molecule has 2 amide bonds. The lowest BCUT2D eigenvalue weighted by Gasteiger charge is -2.52. The number of fused-ring (bicyclic) bond motifs is 1. The molecule has 1 fully saturated rings. The van der Waals surface area contributed by atoms with Gasteiger partial charge >= 0.3 is 0 Å². The molecular formula is C24H29N3O3. The number of amides is 2. The molecule has 1 saturated heterocycles. The molecule has 2 aliphatic heterocycles. The van der Waals surface area contributed by atoms with E-state index in [4.69, 9.17) is 4.74 Å². The zero-order valence-electron chi connectivity index (χ0n) is 17.9. The minimum Gasteiger partial charge on any atom is -0.494 e. The number of ether oxygens (including phenoxy) is 1. The summed E-state index contributed by atoms with van der Waals surface area (Å²) in [5.74, 6) is 0.767. The maximum Gasteiger partial charge on any atom is 0.255 e. The number of rotatable bonds is 4. The van der Waals surface area contributed by atoms with Crippen molar-refractivity contribution in [2.75, 3.05) is 31.1 Å². The highest BCUT2D eigenvalue weighted by molar-refractivity contribution is 6.03. The molecule has 0 unspecified atom stereocenters. The fourth-order valence-corrected chi connectivity index (χ4v) is 4.63. The molecule has 2 aromatic carbocycles. The van der Waals surface area contributed by atoms with Gasteiger partial charge in [0.25, 0.3) is 11.8 Å². The molecule has 0 aromatic heterocycles. The Bertz CT molecular complexity index is 947. The van der Waals surface area contributed by atoms with Gasteiger partial charge < -0.3 is 19.9 Å². The van der Waals surface area contributed by atoms with Crippen molar-refractivity contribution in [1.29, 1.82) is 0 Å². The quantitative estimate of drug-likeness (QED) is 0.841. The molecule has 2 heterocycles. The largest absolute Gasteiger partial charge is 0.494 e. The van der Waals surface area contributed by atoms with Crippen LogP contribution in [0.1, 0.15) is 53.0 Å². The monoisotopic (exact) mass is 407 g/mol. The lowest BCUT2D eigenvalue weighted by Crippen LogP contribution is -2.68. The number of likely N-dealkylation sites (tertiary alicyclic amines) is 1. The fraction of sp³-hybridized carbons (Fsp3) is 0.417. The normalized spacial score (nSPS) is 17.5. The minimum absolute atomic E-state index is 0.0223. The standard InChI is InChI=1S/C24H29N3O3/c1-4-27-21-11-6-17(3)16-20(21)22(28)25-24(27)12-14-26(15-13-24)23(29)18-7-9-19(10-8-18)30-5-2/h6-11,16H,4-5,12-15H2,1-3H3,(H,25,28). The average Bonchev–Trinajstić information content (AvgIpc) is 2.75. The smallest absolute Gasteiger partial charge is 0.255 e. The highest BCUT2D eigenvalue weighted by Gasteiger charge is 2.45. The van der Waals surface area contributed by atoms with Gasteiger partial charge in [0.2, 0.25) is 0 Å². The molecule has 6 heteroatoms. The number of hydrogen-bond donors (Lipinski definition) is 1. The maximum atomic E-state index is 13.0. The van der Waals surface area contributed by atoms with Gasteiger partial charge in [-0.05, 0) is 57.2 Å². The highest BCUT2D eigenvalue weighted by atomic mass is 16.5. The number of piperidine rings is 1. The Hall–Kier alpha value is -3.02. The third kappa shape index (κ3) is 3.51. The summed E-state index contributed by atoms with van der Waals surface area (Å²) in [7, 11) is 0. The molecule has 0 bridgehead atoms. The summed E-state index contributed by atoms with van der Waals surface area (Å²) >= 11 is 0. The van der Waals surface area contributed by atoms with E-state index in [1.807, 2.05) is 55.1 Å². The van der Waals surface area contributed by atoms with Crippen LogP contribution in [0.5, 0.6) is 5.75 Å². The Kier molecular flexibility index (Phi) is 5.41. The minimum atomic E-state index is -0.441. The molecule has 0 atom stereocenters. The lowest BCUT2D eigenvalue weighted by molar-refractivity contribution is 0.0603. The van der Waals surface area contributed by atoms with E-state index < -0.39 is 5.66 Å². The van der Waals surface area contributed by atoms with Gasteiger partial charge in [-0.15, -0.1) is 0 Å². The first-order valence-corrected chi connectivity index (χ1v) is 10.7. The number of carbonyl (C=O) groups is 2. The summed E-state index contributed by atoms with van der Waals surface area (Å²) in [6, 6.07) is 13.4. The summed E-state index contributed by atoms with van der Waals surface area (Å²) in [6.45, 7) is 8.65. The molecule has 6 nitrogen and oxygen atoms in total. The zero-order valence-corrected chi connectivity index (χ0v) is 17.9. The second-order valence-electron chi connectivity index (χ2n) is 8.00. The van der Waals surface area contributed by atoms with Gasteiger partial charge in [0.1, 0.15) is 11.4 Å². The predicted molar refractivity (Wildman–Crippen MR) is 117 cm³/mol. The first kappa shape index (κ1) is 20.3. The third-order valence-corrected chi connectivity index (χ3v) is 6.16. The molecule has 2 aromatic rings. The topological polar surface area (TPSA) is 61.9 Å². The Balaban J connectivity index is 1.51. The van der Waals surface area contributed by atoms with Crippen molar-refractivity contribution in [2.24, 2.45) is 0 Å². The number of aryl methyl sites for hydroxylation is 1. The predicted octanol–water partition coefficient (Wildman–Crippen LogP) is 3.60. The summed E-state index contributed by atoms with van der Waals surface area (Å²) in [6.07, 6.45) is 1.39. The van der Waals surface area contributed by atoms with Crippen molar-refractivity contribution in [2.45, 2.75) is 39.3 Å². The van der Waals surface area contributed by atoms with E-state index in [-0.39, 0.29) is 11.8 Å². The van der Waals surface area contributed by atoms with Gasteiger partial charge in [-0.1, -0.05) is 11.6 Å². The van der Waals surface area contributed by atoms with Gasteiger partial charge in [0.05, 0.1) is 17.9 Å². The van der Waals surface area contributed by atoms with Crippen LogP contribution in [0.2, 0.25) is 0 Å². The van der Waals surface area contributed by atoms with Gasteiger partial charge in [0.15, 0.2) is 0 Å². The Morgan fingerprint density at radius 3 is 2.43 bits per heavy atom. The maximum absolute atomic E-state index is 13.0. The molecule has 30 heavy (non-hydrogen) atoms. The van der Waals surface area contributed by atoms with Crippen LogP contribution in [0, 0.1) is 6.92 Å². The SMILES string of the molecule is CCOc1ccc(C(=O)N2CCC3(CC2)NC(=O)c2cc(C)ccc2N3CC)cc1. The Morgan fingerprint density at radius 1 is 1.10 bits per heavy atom. The second kappa shape index (κ2) is 8.01. The molecule has 0 saturated carbocycles. The van der Waals surface area contributed by atoms with Crippen LogP contribution in [0.15, 0.2) is 42.5 Å². The van der Waals surface area contributed by atoms with E-state index in [1.54, 1.807) is 0 Å². The first-order chi connectivity index (χ1) is 14.5. The van der Waals surface area contributed by atoms with E-state index >= 15 is 0 Å². The van der Waals surface area contributed by atoms with Crippen molar-refractivity contribution in [1.82, 2.24) is 10.2 Å². The van der Waals surface area contributed by atoms with Crippen LogP contribution in [-0.2, 0) is 0 Å². The van der Waals surface area contributed by atoms with Crippen LogP contribution in [0.3, 0.4) is 0 Å². The molecule has 1 N–H and O–H groups in total. The molecule has 158 valence electrons. The van der Waals surface area contributed by atoms with Crippen molar-refractivity contribution in [3.8, 4) is 5.75 Å². The van der Waals surface area contributed by atoms with Crippen LogP contribution in [0.25, 0.3) is 0 Å². The number of hydrogen-bond acceptors (Lipinski definition) is 4. The van der Waals surface area contributed by atoms with Crippen molar-refractivity contribution in [3.05, 3.63) is 59.2 Å². The second-order valence-corrected chi connectivity index (χ2v) is 8.00. The van der Waals surface area contributed by atoms with E-state index in [1.165, 1.54) is 0 Å². The number of nitrogens with zero attached hydrogens (tertiary/aromatic N) is 2. The molecule has 1 spiro atoms. The van der Waals surface area contributed by atoms with Crippen LogP contribution in [-0.4, -0.2) is 48.6 Å². The van der Waals surface area contributed by atoms with E-state index in [0.717, 1.165) is 29.1 Å². The molecule has 2 aliphatic rings. The number of benzene rings is 2. The number of carbonyl (C=O) groups excluding carboxylic acids is 2. The summed E-state index contributed by atoms with van der Waals surface area (Å²) in [5, 5.41) is 3.27. The molecule has 0 radical (unpaired) electrons. The molecule has 0 aliphatic carbocycles. The number of nitrogens with one attached hydrogen (secondary N) is 1.